The molecule has 1 aromatic heterocycles. The van der Waals surface area contributed by atoms with Crippen molar-refractivity contribution < 1.29 is 9.47 Å². The third-order valence-corrected chi connectivity index (χ3v) is 4.44. The number of ether oxygens (including phenoxy) is 2. The van der Waals surface area contributed by atoms with Crippen LogP contribution in [0.25, 0.3) is 10.9 Å². The lowest BCUT2D eigenvalue weighted by atomic mass is 10.00. The topological polar surface area (TPSA) is 55.1 Å². The number of pyridine rings is 1. The lowest BCUT2D eigenvalue weighted by molar-refractivity contribution is 0.154. The van der Waals surface area contributed by atoms with Crippen molar-refractivity contribution in [1.82, 2.24) is 4.98 Å². The fourth-order valence-corrected chi connectivity index (χ4v) is 2.88. The summed E-state index contributed by atoms with van der Waals surface area (Å²) in [5.74, 6) is 2.14. The van der Waals surface area contributed by atoms with Crippen molar-refractivity contribution in [2.45, 2.75) is 39.2 Å². The first-order valence-electron chi connectivity index (χ1n) is 9.15. The summed E-state index contributed by atoms with van der Waals surface area (Å²) >= 11 is 0. The van der Waals surface area contributed by atoms with Crippen LogP contribution in [-0.2, 0) is 16.1 Å². The molecular formula is C22H24N2O2. The van der Waals surface area contributed by atoms with Gasteiger partial charge in [0, 0.05) is 23.8 Å². The number of nitrogens with zero attached hydrogens (tertiary/aromatic N) is 2. The van der Waals surface area contributed by atoms with Crippen LogP contribution in [0.15, 0.2) is 60.1 Å². The number of benzene rings is 1. The number of nitriles is 1. The average molecular weight is 348 g/mol. The molecule has 0 saturated heterocycles. The average Bonchev–Trinajstić information content (AvgIpc) is 2.68. The molecular weight excluding hydrogens is 324 g/mol. The Morgan fingerprint density at radius 3 is 2.92 bits per heavy atom. The van der Waals surface area contributed by atoms with Crippen LogP contribution in [0.5, 0.6) is 0 Å². The Balaban J connectivity index is 1.56. The zero-order chi connectivity index (χ0) is 18.2. The van der Waals surface area contributed by atoms with Gasteiger partial charge in [-0.25, -0.2) is 4.98 Å². The molecule has 0 bridgehead atoms. The summed E-state index contributed by atoms with van der Waals surface area (Å²) in [7, 11) is 0. The minimum Gasteiger partial charge on any atom is -0.494 e. The van der Waals surface area contributed by atoms with Crippen molar-refractivity contribution in [3.63, 3.8) is 0 Å². The molecule has 1 unspecified atom stereocenters. The summed E-state index contributed by atoms with van der Waals surface area (Å²) in [6.45, 7) is 3.24. The molecule has 1 aliphatic rings. The summed E-state index contributed by atoms with van der Waals surface area (Å²) in [4.78, 5) is 4.66. The zero-order valence-electron chi connectivity index (χ0n) is 15.1. The molecule has 4 nitrogen and oxygen atoms in total. The third-order valence-electron chi connectivity index (χ3n) is 4.44. The second-order valence-electron chi connectivity index (χ2n) is 6.54. The van der Waals surface area contributed by atoms with Gasteiger partial charge in [-0.15, -0.1) is 0 Å². The number of hydrogen-bond acceptors (Lipinski definition) is 4. The van der Waals surface area contributed by atoms with Crippen LogP contribution < -0.4 is 0 Å². The van der Waals surface area contributed by atoms with Crippen LogP contribution in [0.3, 0.4) is 0 Å². The van der Waals surface area contributed by atoms with Crippen LogP contribution in [0.4, 0.5) is 0 Å². The first kappa shape index (κ1) is 18.0. The van der Waals surface area contributed by atoms with Gasteiger partial charge in [0.15, 0.2) is 0 Å². The fraction of sp³-hybridized carbons (Fsp3) is 0.364. The highest BCUT2D eigenvalue weighted by atomic mass is 16.5. The Labute approximate surface area is 154 Å². The van der Waals surface area contributed by atoms with E-state index < -0.39 is 0 Å². The number of rotatable bonds is 8. The van der Waals surface area contributed by atoms with Crippen LogP contribution >= 0.6 is 0 Å². The Morgan fingerprint density at radius 1 is 1.15 bits per heavy atom. The third kappa shape index (κ3) is 4.86. The first-order chi connectivity index (χ1) is 12.8. The van der Waals surface area contributed by atoms with E-state index in [0.29, 0.717) is 25.6 Å². The van der Waals surface area contributed by atoms with E-state index in [1.54, 1.807) is 0 Å². The zero-order valence-corrected chi connectivity index (χ0v) is 15.1. The van der Waals surface area contributed by atoms with E-state index in [-0.39, 0.29) is 0 Å². The summed E-state index contributed by atoms with van der Waals surface area (Å²) in [5, 5.41) is 9.69. The van der Waals surface area contributed by atoms with Gasteiger partial charge in [-0.2, -0.15) is 5.26 Å². The molecule has 1 atom stereocenters. The molecule has 0 amide bonds. The molecule has 0 saturated carbocycles. The number of allylic oxidation sites excluding steroid dienone is 3. The number of hydrogen-bond donors (Lipinski definition) is 0. The quantitative estimate of drug-likeness (QED) is 0.610. The molecule has 0 spiro atoms. The van der Waals surface area contributed by atoms with Crippen molar-refractivity contribution in [2.75, 3.05) is 6.61 Å². The Morgan fingerprint density at radius 2 is 2.04 bits per heavy atom. The minimum atomic E-state index is 0.335. The molecule has 1 aliphatic carbocycles. The molecule has 0 aliphatic heterocycles. The van der Waals surface area contributed by atoms with Crippen molar-refractivity contribution >= 4 is 10.9 Å². The lowest BCUT2D eigenvalue weighted by Crippen LogP contribution is -2.09. The van der Waals surface area contributed by atoms with Gasteiger partial charge in [0.1, 0.15) is 18.1 Å². The monoisotopic (exact) mass is 348 g/mol. The Bertz CT molecular complexity index is 849. The van der Waals surface area contributed by atoms with Crippen molar-refractivity contribution in [3.05, 3.63) is 65.8 Å². The highest BCUT2D eigenvalue weighted by Gasteiger charge is 2.16. The maximum Gasteiger partial charge on any atom is 0.130 e. The van der Waals surface area contributed by atoms with E-state index in [2.05, 4.69) is 36.2 Å². The number of para-hydroxylation sites is 1. The van der Waals surface area contributed by atoms with E-state index in [1.165, 1.54) is 0 Å². The second-order valence-corrected chi connectivity index (χ2v) is 6.54. The summed E-state index contributed by atoms with van der Waals surface area (Å²) in [6.07, 6.45) is 7.36. The highest BCUT2D eigenvalue weighted by molar-refractivity contribution is 5.78. The summed E-state index contributed by atoms with van der Waals surface area (Å²) < 4.78 is 11.8. The molecule has 3 rings (SSSR count). The van der Waals surface area contributed by atoms with E-state index >= 15 is 0 Å². The van der Waals surface area contributed by atoms with Gasteiger partial charge >= 0.3 is 0 Å². The van der Waals surface area contributed by atoms with Crippen LogP contribution in [0, 0.1) is 17.2 Å². The number of unbranched alkanes of at least 4 members (excludes halogenated alkanes) is 2. The van der Waals surface area contributed by atoms with Crippen LogP contribution in [0.2, 0.25) is 0 Å². The van der Waals surface area contributed by atoms with Crippen LogP contribution in [-0.4, -0.2) is 11.6 Å². The van der Waals surface area contributed by atoms with Gasteiger partial charge < -0.3 is 9.47 Å². The SMILES string of the molecule is CC1CC=C(OCCCCC#N)C=C1OCc1ccc2ccccc2n1. The van der Waals surface area contributed by atoms with Gasteiger partial charge in [0.25, 0.3) is 0 Å². The largest absolute Gasteiger partial charge is 0.494 e. The maximum absolute atomic E-state index is 8.56. The van der Waals surface area contributed by atoms with Crippen LogP contribution in [0.1, 0.15) is 38.3 Å². The molecule has 0 N–H and O–H groups in total. The van der Waals surface area contributed by atoms with E-state index in [9.17, 15) is 0 Å². The highest BCUT2D eigenvalue weighted by Crippen LogP contribution is 2.26. The van der Waals surface area contributed by atoms with Gasteiger partial charge in [-0.3, -0.25) is 0 Å². The first-order valence-corrected chi connectivity index (χ1v) is 9.15. The predicted octanol–water partition coefficient (Wildman–Crippen LogP) is 5.27. The number of aromatic nitrogens is 1. The van der Waals surface area contributed by atoms with Crippen molar-refractivity contribution in [3.8, 4) is 6.07 Å². The molecule has 1 heterocycles. The Kier molecular flexibility index (Phi) is 6.27. The molecule has 0 radical (unpaired) electrons. The van der Waals surface area contributed by atoms with Crippen molar-refractivity contribution in [1.29, 1.82) is 5.26 Å². The van der Waals surface area contributed by atoms with E-state index in [1.807, 2.05) is 30.3 Å². The molecule has 2 aromatic rings. The molecule has 134 valence electrons. The van der Waals surface area contributed by atoms with Gasteiger partial charge in [0.05, 0.1) is 23.9 Å². The molecule has 26 heavy (non-hydrogen) atoms. The Hall–Kier alpha value is -2.80. The second kappa shape index (κ2) is 9.05. The van der Waals surface area contributed by atoms with Gasteiger partial charge in [0.2, 0.25) is 0 Å². The van der Waals surface area contributed by atoms with Gasteiger partial charge in [-0.1, -0.05) is 31.2 Å². The normalized spacial score (nSPS) is 16.5. The van der Waals surface area contributed by atoms with Crippen molar-refractivity contribution in [2.24, 2.45) is 5.92 Å². The summed E-state index contributed by atoms with van der Waals surface area (Å²) in [6, 6.07) is 14.3. The number of fused-ring (bicyclic) bond motifs is 1. The molecule has 0 fully saturated rings. The summed E-state index contributed by atoms with van der Waals surface area (Å²) in [5.41, 5.74) is 1.91. The molecule has 1 aromatic carbocycles. The predicted molar refractivity (Wildman–Crippen MR) is 102 cm³/mol. The minimum absolute atomic E-state index is 0.335. The van der Waals surface area contributed by atoms with E-state index in [0.717, 1.165) is 47.4 Å². The van der Waals surface area contributed by atoms with E-state index in [4.69, 9.17) is 14.7 Å². The van der Waals surface area contributed by atoms with Gasteiger partial charge in [-0.05, 0) is 37.5 Å². The lowest BCUT2D eigenvalue weighted by Gasteiger charge is -2.21. The fourth-order valence-electron chi connectivity index (χ4n) is 2.88. The maximum atomic E-state index is 8.56. The molecule has 4 heteroatoms. The standard InChI is InChI=1S/C22H24N2O2/c1-17-9-12-20(25-14-6-2-5-13-23)15-22(17)26-16-19-11-10-18-7-3-4-8-21(18)24-19/h3-4,7-8,10-12,15,17H,2,5-6,9,14,16H2,1H3. The smallest absolute Gasteiger partial charge is 0.130 e.